The minimum Gasteiger partial charge on any atom is -0.476 e. The number of aromatic nitrogens is 1. The molecule has 1 N–H and O–H groups in total. The zero-order chi connectivity index (χ0) is 20.0. The molecule has 1 aliphatic heterocycles. The second-order valence-corrected chi connectivity index (χ2v) is 6.63. The highest BCUT2D eigenvalue weighted by Gasteiger charge is 2.29. The van der Waals surface area contributed by atoms with E-state index in [1.54, 1.807) is 19.2 Å². The quantitative estimate of drug-likeness (QED) is 0.567. The molecule has 0 amide bonds. The first kappa shape index (κ1) is 20.1. The second-order valence-electron chi connectivity index (χ2n) is 6.63. The number of rotatable bonds is 7. The number of halogens is 3. The fraction of sp³-hybridized carbons (Fsp3) is 0.400. The maximum Gasteiger partial charge on any atom is 0.416 e. The highest BCUT2D eigenvalue weighted by atomic mass is 19.4. The predicted octanol–water partition coefficient (Wildman–Crippen LogP) is 4.17. The number of benzene rings is 1. The lowest BCUT2D eigenvalue weighted by Crippen LogP contribution is -2.28. The lowest BCUT2D eigenvalue weighted by atomic mass is 10.1. The van der Waals surface area contributed by atoms with Crippen LogP contribution in [0, 0.1) is 0 Å². The van der Waals surface area contributed by atoms with E-state index in [-0.39, 0.29) is 6.61 Å². The van der Waals surface area contributed by atoms with E-state index in [4.69, 9.17) is 9.57 Å². The minimum absolute atomic E-state index is 0.0818. The fourth-order valence-electron chi connectivity index (χ4n) is 2.81. The van der Waals surface area contributed by atoms with Crippen LogP contribution in [0.4, 0.5) is 13.2 Å². The number of nitrogens with zero attached hydrogens (tertiary/aromatic N) is 2. The van der Waals surface area contributed by atoms with Crippen LogP contribution in [-0.4, -0.2) is 29.9 Å². The molecule has 1 saturated heterocycles. The first-order valence-corrected chi connectivity index (χ1v) is 9.07. The molecule has 3 rings (SSSR count). The molecule has 1 unspecified atom stereocenters. The van der Waals surface area contributed by atoms with Crippen molar-refractivity contribution in [3.8, 4) is 5.88 Å². The Labute approximate surface area is 161 Å². The highest BCUT2D eigenvalue weighted by Crippen LogP contribution is 2.29. The third kappa shape index (κ3) is 5.69. The van der Waals surface area contributed by atoms with Crippen molar-refractivity contribution in [2.75, 3.05) is 13.2 Å². The van der Waals surface area contributed by atoms with Crippen LogP contribution in [0.3, 0.4) is 0 Å². The van der Waals surface area contributed by atoms with Crippen molar-refractivity contribution in [2.45, 2.75) is 38.6 Å². The van der Waals surface area contributed by atoms with E-state index in [2.05, 4.69) is 15.5 Å². The molecule has 0 aliphatic carbocycles. The Balaban J connectivity index is 1.49. The van der Waals surface area contributed by atoms with Crippen LogP contribution in [-0.2, 0) is 17.6 Å². The Morgan fingerprint density at radius 3 is 2.61 bits per heavy atom. The Bertz CT molecular complexity index is 784. The number of alkyl halides is 3. The zero-order valence-electron chi connectivity index (χ0n) is 15.5. The van der Waals surface area contributed by atoms with Crippen molar-refractivity contribution < 1.29 is 22.7 Å². The smallest absolute Gasteiger partial charge is 0.416 e. The van der Waals surface area contributed by atoms with Gasteiger partial charge in [0.05, 0.1) is 11.3 Å². The molecule has 8 heteroatoms. The fourth-order valence-corrected chi connectivity index (χ4v) is 2.81. The maximum absolute atomic E-state index is 12.5. The molecular weight excluding hydrogens is 371 g/mol. The van der Waals surface area contributed by atoms with E-state index < -0.39 is 11.7 Å². The van der Waals surface area contributed by atoms with Gasteiger partial charge in [-0.3, -0.25) is 0 Å². The van der Waals surface area contributed by atoms with E-state index in [1.165, 1.54) is 18.6 Å². The van der Waals surface area contributed by atoms with Gasteiger partial charge in [0.1, 0.15) is 13.2 Å². The summed E-state index contributed by atoms with van der Waals surface area (Å²) < 4.78 is 43.3. The molecule has 1 aliphatic rings. The SMILES string of the molecule is C/C(=N\OCc1ccc(C(F)(F)F)cc1)c1ccc(OCC2CCCN2)nc1. The Morgan fingerprint density at radius 1 is 1.21 bits per heavy atom. The van der Waals surface area contributed by atoms with Gasteiger partial charge in [0, 0.05) is 23.9 Å². The van der Waals surface area contributed by atoms with Gasteiger partial charge in [0.15, 0.2) is 0 Å². The summed E-state index contributed by atoms with van der Waals surface area (Å²) in [5.41, 5.74) is 1.31. The minimum atomic E-state index is -4.34. The Kier molecular flexibility index (Phi) is 6.51. The summed E-state index contributed by atoms with van der Waals surface area (Å²) in [5, 5.41) is 7.36. The molecular formula is C20H22F3N3O2. The van der Waals surface area contributed by atoms with Crippen LogP contribution < -0.4 is 10.1 Å². The Hall–Kier alpha value is -2.61. The summed E-state index contributed by atoms with van der Waals surface area (Å²) in [6.45, 7) is 3.48. The van der Waals surface area contributed by atoms with Crippen molar-refractivity contribution in [3.05, 3.63) is 59.3 Å². The lowest BCUT2D eigenvalue weighted by molar-refractivity contribution is -0.137. The summed E-state index contributed by atoms with van der Waals surface area (Å²) in [6.07, 6.45) is -0.412. The monoisotopic (exact) mass is 393 g/mol. The number of ether oxygens (including phenoxy) is 1. The summed E-state index contributed by atoms with van der Waals surface area (Å²) in [5.74, 6) is 0.552. The van der Waals surface area contributed by atoms with Crippen molar-refractivity contribution in [3.63, 3.8) is 0 Å². The van der Waals surface area contributed by atoms with Gasteiger partial charge in [0.25, 0.3) is 0 Å². The topological polar surface area (TPSA) is 55.7 Å². The van der Waals surface area contributed by atoms with Gasteiger partial charge in [-0.15, -0.1) is 0 Å². The van der Waals surface area contributed by atoms with Gasteiger partial charge in [-0.05, 0) is 50.1 Å². The van der Waals surface area contributed by atoms with E-state index in [9.17, 15) is 13.2 Å². The standard InChI is InChI=1S/C20H22F3N3O2/c1-14(26-28-12-15-4-7-17(8-5-15)20(21,22)23)16-6-9-19(25-11-16)27-13-18-3-2-10-24-18/h4-9,11,18,24H,2-3,10,12-13H2,1H3/b26-14+. The van der Waals surface area contributed by atoms with Crippen molar-refractivity contribution >= 4 is 5.71 Å². The van der Waals surface area contributed by atoms with Crippen LogP contribution in [0.2, 0.25) is 0 Å². The van der Waals surface area contributed by atoms with Gasteiger partial charge in [-0.1, -0.05) is 17.3 Å². The molecule has 1 fully saturated rings. The third-order valence-electron chi connectivity index (χ3n) is 4.46. The Morgan fingerprint density at radius 2 is 2.00 bits per heavy atom. The summed E-state index contributed by atoms with van der Waals surface area (Å²) in [6, 6.07) is 8.80. The normalized spacial score (nSPS) is 17.6. The summed E-state index contributed by atoms with van der Waals surface area (Å²) in [4.78, 5) is 9.51. The van der Waals surface area contributed by atoms with Crippen molar-refractivity contribution in [1.29, 1.82) is 0 Å². The number of oxime groups is 1. The molecule has 2 heterocycles. The third-order valence-corrected chi connectivity index (χ3v) is 4.46. The highest BCUT2D eigenvalue weighted by molar-refractivity contribution is 5.98. The van der Waals surface area contributed by atoms with Crippen molar-refractivity contribution in [1.82, 2.24) is 10.3 Å². The molecule has 1 aromatic heterocycles. The predicted molar refractivity (Wildman–Crippen MR) is 99.2 cm³/mol. The maximum atomic E-state index is 12.5. The van der Waals surface area contributed by atoms with Crippen LogP contribution >= 0.6 is 0 Å². The summed E-state index contributed by atoms with van der Waals surface area (Å²) >= 11 is 0. The van der Waals surface area contributed by atoms with Gasteiger partial charge in [-0.25, -0.2) is 4.98 Å². The zero-order valence-corrected chi connectivity index (χ0v) is 15.5. The van der Waals surface area contributed by atoms with E-state index in [0.717, 1.165) is 30.7 Å². The van der Waals surface area contributed by atoms with E-state index in [0.29, 0.717) is 29.8 Å². The number of hydrogen-bond acceptors (Lipinski definition) is 5. The van der Waals surface area contributed by atoms with Gasteiger partial charge in [-0.2, -0.15) is 13.2 Å². The first-order chi connectivity index (χ1) is 13.4. The van der Waals surface area contributed by atoms with E-state index >= 15 is 0 Å². The van der Waals surface area contributed by atoms with Gasteiger partial charge < -0.3 is 14.9 Å². The van der Waals surface area contributed by atoms with Crippen LogP contribution in [0.25, 0.3) is 0 Å². The first-order valence-electron chi connectivity index (χ1n) is 9.07. The number of hydrogen-bond donors (Lipinski definition) is 1. The average Bonchev–Trinajstić information content (AvgIpc) is 3.20. The second kappa shape index (κ2) is 9.05. The summed E-state index contributed by atoms with van der Waals surface area (Å²) in [7, 11) is 0. The molecule has 1 aromatic carbocycles. The van der Waals surface area contributed by atoms with Crippen LogP contribution in [0.15, 0.2) is 47.8 Å². The molecule has 1 atom stereocenters. The van der Waals surface area contributed by atoms with Crippen molar-refractivity contribution in [2.24, 2.45) is 5.16 Å². The lowest BCUT2D eigenvalue weighted by Gasteiger charge is -2.11. The molecule has 5 nitrogen and oxygen atoms in total. The molecule has 0 saturated carbocycles. The molecule has 2 aromatic rings. The van der Waals surface area contributed by atoms with Gasteiger partial charge in [0.2, 0.25) is 5.88 Å². The van der Waals surface area contributed by atoms with Crippen LogP contribution in [0.5, 0.6) is 5.88 Å². The molecule has 28 heavy (non-hydrogen) atoms. The van der Waals surface area contributed by atoms with Gasteiger partial charge >= 0.3 is 6.18 Å². The molecule has 0 bridgehead atoms. The molecule has 0 spiro atoms. The molecule has 0 radical (unpaired) electrons. The number of pyridine rings is 1. The molecule has 150 valence electrons. The average molecular weight is 393 g/mol. The number of nitrogens with one attached hydrogen (secondary N) is 1. The largest absolute Gasteiger partial charge is 0.476 e. The van der Waals surface area contributed by atoms with Crippen LogP contribution in [0.1, 0.15) is 36.5 Å². The van der Waals surface area contributed by atoms with E-state index in [1.807, 2.05) is 6.07 Å².